The molecule has 0 aromatic heterocycles. The van der Waals surface area contributed by atoms with Gasteiger partial charge in [-0.05, 0) is 50.9 Å². The summed E-state index contributed by atoms with van der Waals surface area (Å²) in [6, 6.07) is 0. The van der Waals surface area contributed by atoms with Gasteiger partial charge in [0.15, 0.2) is 0 Å². The Labute approximate surface area is 129 Å². The summed E-state index contributed by atoms with van der Waals surface area (Å²) in [5, 5.41) is 0. The summed E-state index contributed by atoms with van der Waals surface area (Å²) in [7, 11) is 0. The third kappa shape index (κ3) is 4.12. The third-order valence-electron chi connectivity index (χ3n) is 5.85. The summed E-state index contributed by atoms with van der Waals surface area (Å²) in [5.74, 6) is 0.278. The maximum absolute atomic E-state index is 10.7. The number of rotatable bonds is 7. The van der Waals surface area contributed by atoms with Crippen molar-refractivity contribution in [3.63, 3.8) is 0 Å². The summed E-state index contributed by atoms with van der Waals surface area (Å²) < 4.78 is 0. The van der Waals surface area contributed by atoms with Gasteiger partial charge in [0.25, 0.3) is 0 Å². The Bertz CT molecular complexity index is 463. The molecule has 0 spiro atoms. The first-order chi connectivity index (χ1) is 9.25. The average Bonchev–Trinajstić information content (AvgIpc) is 2.27. The van der Waals surface area contributed by atoms with Crippen LogP contribution >= 0.6 is 0 Å². The molecule has 4 heteroatoms. The highest BCUT2D eigenvalue weighted by Crippen LogP contribution is 2.53. The van der Waals surface area contributed by atoms with E-state index in [1.165, 1.54) is 0 Å². The number of carbonyl (C=O) groups excluding carboxylic acids is 2. The van der Waals surface area contributed by atoms with Crippen molar-refractivity contribution in [1.29, 1.82) is 0 Å². The Morgan fingerprint density at radius 3 is 1.67 bits per heavy atom. The van der Waals surface area contributed by atoms with Crippen molar-refractivity contribution in [3.8, 4) is 0 Å². The molecule has 1 atom stereocenters. The van der Waals surface area contributed by atoms with E-state index in [1.807, 2.05) is 27.7 Å². The topological polar surface area (TPSA) is 58.9 Å². The van der Waals surface area contributed by atoms with E-state index in [9.17, 15) is 9.59 Å². The van der Waals surface area contributed by atoms with Gasteiger partial charge in [0.05, 0.1) is 11.1 Å². The fourth-order valence-electron chi connectivity index (χ4n) is 2.83. The number of isocyanates is 2. The van der Waals surface area contributed by atoms with Crippen molar-refractivity contribution >= 4 is 12.2 Å². The van der Waals surface area contributed by atoms with Gasteiger partial charge >= 0.3 is 0 Å². The van der Waals surface area contributed by atoms with Gasteiger partial charge in [-0.25, -0.2) is 9.59 Å². The van der Waals surface area contributed by atoms with Crippen LogP contribution in [0.3, 0.4) is 0 Å². The molecule has 0 amide bonds. The molecular formula is C17H30N2O2. The number of nitrogens with zero attached hydrogens (tertiary/aromatic N) is 2. The molecule has 0 aromatic rings. The molecule has 0 aliphatic rings. The van der Waals surface area contributed by atoms with Crippen molar-refractivity contribution in [3.05, 3.63) is 0 Å². The van der Waals surface area contributed by atoms with Crippen LogP contribution in [0.15, 0.2) is 9.98 Å². The minimum absolute atomic E-state index is 0.119. The molecule has 4 nitrogen and oxygen atoms in total. The second-order valence-electron chi connectivity index (χ2n) is 8.23. The van der Waals surface area contributed by atoms with Crippen LogP contribution in [0.4, 0.5) is 0 Å². The molecule has 0 rings (SSSR count). The highest BCUT2D eigenvalue weighted by Gasteiger charge is 2.51. The van der Waals surface area contributed by atoms with E-state index in [0.717, 1.165) is 6.42 Å². The van der Waals surface area contributed by atoms with Crippen LogP contribution in [-0.4, -0.2) is 23.2 Å². The Balaban J connectivity index is 5.55. The average molecular weight is 294 g/mol. The molecule has 0 aromatic carbocycles. The quantitative estimate of drug-likeness (QED) is 0.519. The molecule has 0 fully saturated rings. The Morgan fingerprint density at radius 2 is 1.29 bits per heavy atom. The minimum atomic E-state index is -0.523. The van der Waals surface area contributed by atoms with Gasteiger partial charge in [0, 0.05) is 0 Å². The molecule has 0 aliphatic carbocycles. The van der Waals surface area contributed by atoms with E-state index >= 15 is 0 Å². The summed E-state index contributed by atoms with van der Waals surface area (Å²) in [5.41, 5.74) is -1.32. The van der Waals surface area contributed by atoms with E-state index in [0.29, 0.717) is 0 Å². The van der Waals surface area contributed by atoms with E-state index in [-0.39, 0.29) is 16.7 Å². The lowest BCUT2D eigenvalue weighted by atomic mass is 9.53. The van der Waals surface area contributed by atoms with Gasteiger partial charge < -0.3 is 0 Å². The summed E-state index contributed by atoms with van der Waals surface area (Å²) in [4.78, 5) is 29.2. The van der Waals surface area contributed by atoms with E-state index in [2.05, 4.69) is 44.6 Å². The highest BCUT2D eigenvalue weighted by molar-refractivity contribution is 5.35. The predicted octanol–water partition coefficient (Wildman–Crippen LogP) is 4.29. The molecule has 0 radical (unpaired) electrons. The summed E-state index contributed by atoms with van der Waals surface area (Å²) in [6.07, 6.45) is 4.12. The van der Waals surface area contributed by atoms with E-state index < -0.39 is 11.1 Å². The molecule has 120 valence electrons. The molecule has 21 heavy (non-hydrogen) atoms. The highest BCUT2D eigenvalue weighted by atomic mass is 16.1. The Kier molecular flexibility index (Phi) is 5.88. The van der Waals surface area contributed by atoms with Crippen LogP contribution in [-0.2, 0) is 9.59 Å². The maximum Gasteiger partial charge on any atom is 0.235 e. The normalized spacial score (nSPS) is 14.9. The largest absolute Gasteiger partial charge is 0.235 e. The molecule has 0 saturated carbocycles. The first-order valence-corrected chi connectivity index (χ1v) is 7.43. The van der Waals surface area contributed by atoms with Crippen molar-refractivity contribution in [2.24, 2.45) is 26.7 Å². The zero-order chi connectivity index (χ0) is 17.1. The van der Waals surface area contributed by atoms with Crippen molar-refractivity contribution in [2.45, 2.75) is 79.8 Å². The zero-order valence-electron chi connectivity index (χ0n) is 15.0. The zero-order valence-corrected chi connectivity index (χ0v) is 15.0. The summed E-state index contributed by atoms with van der Waals surface area (Å²) >= 11 is 0. The lowest BCUT2D eigenvalue weighted by molar-refractivity contribution is -0.0161. The van der Waals surface area contributed by atoms with Gasteiger partial charge in [-0.15, -0.1) is 0 Å². The second-order valence-corrected chi connectivity index (χ2v) is 8.23. The fraction of sp³-hybridized carbons (Fsp3) is 0.882. The molecule has 1 unspecified atom stereocenters. The van der Waals surface area contributed by atoms with Crippen LogP contribution in [0.5, 0.6) is 0 Å². The smallest absolute Gasteiger partial charge is 0.211 e. The lowest BCUT2D eigenvalue weighted by Crippen LogP contribution is -2.51. The first kappa shape index (κ1) is 19.8. The van der Waals surface area contributed by atoms with Crippen LogP contribution in [0.25, 0.3) is 0 Å². The van der Waals surface area contributed by atoms with E-state index in [1.54, 1.807) is 12.2 Å². The van der Waals surface area contributed by atoms with E-state index in [4.69, 9.17) is 0 Å². The van der Waals surface area contributed by atoms with Gasteiger partial charge in [0.2, 0.25) is 12.2 Å². The van der Waals surface area contributed by atoms with Crippen molar-refractivity contribution < 1.29 is 9.59 Å². The molecular weight excluding hydrogens is 264 g/mol. The lowest BCUT2D eigenvalue weighted by Gasteiger charge is -2.53. The molecule has 0 heterocycles. The van der Waals surface area contributed by atoms with Gasteiger partial charge in [-0.2, -0.15) is 9.98 Å². The summed E-state index contributed by atoms with van der Waals surface area (Å²) in [6.45, 7) is 18.6. The number of aliphatic imine (C=N–C) groups is 2. The molecule has 0 N–H and O–H groups in total. The van der Waals surface area contributed by atoms with Gasteiger partial charge in [-0.3, -0.25) is 0 Å². The molecule has 0 saturated heterocycles. The van der Waals surface area contributed by atoms with Crippen LogP contribution < -0.4 is 0 Å². The van der Waals surface area contributed by atoms with Crippen molar-refractivity contribution in [1.82, 2.24) is 0 Å². The molecule has 0 bridgehead atoms. The monoisotopic (exact) mass is 294 g/mol. The Morgan fingerprint density at radius 1 is 0.857 bits per heavy atom. The fourth-order valence-corrected chi connectivity index (χ4v) is 2.83. The van der Waals surface area contributed by atoms with Crippen LogP contribution in [0.2, 0.25) is 0 Å². The minimum Gasteiger partial charge on any atom is -0.211 e. The maximum atomic E-state index is 10.7. The number of hydrogen-bond donors (Lipinski definition) is 0. The van der Waals surface area contributed by atoms with Crippen molar-refractivity contribution in [2.75, 3.05) is 0 Å². The molecule has 0 aliphatic heterocycles. The first-order valence-electron chi connectivity index (χ1n) is 7.43. The van der Waals surface area contributed by atoms with Gasteiger partial charge in [-0.1, -0.05) is 34.6 Å². The SMILES string of the molecule is CC(CC(C)(C)N=C=O)C(C)(C)C(C)(C)C(C)(C)N=C=O. The second kappa shape index (κ2) is 6.25. The van der Waals surface area contributed by atoms with Crippen LogP contribution in [0.1, 0.15) is 68.7 Å². The number of hydrogen-bond acceptors (Lipinski definition) is 4. The Hall–Kier alpha value is -1.24. The third-order valence-corrected chi connectivity index (χ3v) is 5.85. The predicted molar refractivity (Wildman–Crippen MR) is 85.7 cm³/mol. The van der Waals surface area contributed by atoms with Gasteiger partial charge in [0.1, 0.15) is 0 Å². The van der Waals surface area contributed by atoms with Crippen LogP contribution in [0, 0.1) is 16.7 Å². The standard InChI is InChI=1S/C17H30N2O2/c1-13(10-14(2,3)18-11-20)15(4,5)16(6,7)17(8,9)19-12-21/h13H,10H2,1-9H3.